The highest BCUT2D eigenvalue weighted by atomic mass is 79.9. The van der Waals surface area contributed by atoms with Crippen molar-refractivity contribution in [1.82, 2.24) is 19.6 Å². The summed E-state index contributed by atoms with van der Waals surface area (Å²) in [6.45, 7) is 3.90. The third kappa shape index (κ3) is 2.94. The van der Waals surface area contributed by atoms with Crippen molar-refractivity contribution in [2.45, 2.75) is 6.67 Å². The summed E-state index contributed by atoms with van der Waals surface area (Å²) in [5.74, 6) is 0.0419. The Morgan fingerprint density at radius 1 is 1.35 bits per heavy atom. The monoisotopic (exact) mass is 338 g/mol. The number of amides is 1. The molecule has 1 saturated heterocycles. The lowest BCUT2D eigenvalue weighted by Crippen LogP contribution is -2.48. The van der Waals surface area contributed by atoms with Gasteiger partial charge in [-0.15, -0.1) is 0 Å². The first-order valence-corrected chi connectivity index (χ1v) is 7.23. The maximum Gasteiger partial charge on any atom is 0.257 e. The summed E-state index contributed by atoms with van der Waals surface area (Å²) in [7, 11) is 0. The van der Waals surface area contributed by atoms with Crippen LogP contribution in [0.25, 0.3) is 0 Å². The number of nitrogens with zero attached hydrogens (tertiary/aromatic N) is 4. The van der Waals surface area contributed by atoms with Crippen molar-refractivity contribution in [1.29, 1.82) is 0 Å². The Kier molecular flexibility index (Phi) is 3.88. The zero-order valence-corrected chi connectivity index (χ0v) is 12.5. The molecule has 0 aromatic carbocycles. The fraction of sp³-hybridized carbons (Fsp3) is 0.385. The fourth-order valence-electron chi connectivity index (χ4n) is 2.28. The van der Waals surface area contributed by atoms with E-state index >= 15 is 0 Å². The smallest absolute Gasteiger partial charge is 0.257 e. The van der Waals surface area contributed by atoms with E-state index in [9.17, 15) is 4.79 Å². The van der Waals surface area contributed by atoms with Crippen LogP contribution in [0.2, 0.25) is 0 Å². The van der Waals surface area contributed by atoms with Crippen molar-refractivity contribution < 1.29 is 9.21 Å². The summed E-state index contributed by atoms with van der Waals surface area (Å²) >= 11 is 3.38. The fourth-order valence-corrected chi connectivity index (χ4v) is 2.61. The van der Waals surface area contributed by atoms with Gasteiger partial charge in [0.15, 0.2) is 0 Å². The molecule has 0 N–H and O–H groups in total. The van der Waals surface area contributed by atoms with Gasteiger partial charge in [0.25, 0.3) is 5.91 Å². The Bertz CT molecular complexity index is 573. The molecule has 1 amide bonds. The van der Waals surface area contributed by atoms with Crippen LogP contribution in [-0.4, -0.2) is 51.7 Å². The molecule has 3 rings (SSSR count). The van der Waals surface area contributed by atoms with Gasteiger partial charge in [0.1, 0.15) is 6.26 Å². The molecule has 0 aliphatic carbocycles. The molecular formula is C13H15BrN4O2. The molecule has 0 saturated carbocycles. The SMILES string of the molecule is O=C(c1ccoc1)N1CCN(Cn2cc(Br)cn2)CC1. The van der Waals surface area contributed by atoms with Crippen molar-refractivity contribution in [3.63, 3.8) is 0 Å². The minimum absolute atomic E-state index is 0.0419. The number of furan rings is 1. The number of carbonyl (C=O) groups excluding carboxylic acids is 1. The quantitative estimate of drug-likeness (QED) is 0.853. The maximum atomic E-state index is 12.2. The normalized spacial score (nSPS) is 16.6. The summed E-state index contributed by atoms with van der Waals surface area (Å²) in [5.41, 5.74) is 0.620. The highest BCUT2D eigenvalue weighted by molar-refractivity contribution is 9.10. The Morgan fingerprint density at radius 2 is 2.15 bits per heavy atom. The number of hydrogen-bond donors (Lipinski definition) is 0. The second-order valence-corrected chi connectivity index (χ2v) is 5.68. The number of piperazine rings is 1. The highest BCUT2D eigenvalue weighted by Gasteiger charge is 2.22. The molecule has 7 heteroatoms. The van der Waals surface area contributed by atoms with Crippen molar-refractivity contribution in [3.05, 3.63) is 41.0 Å². The highest BCUT2D eigenvalue weighted by Crippen LogP contribution is 2.11. The van der Waals surface area contributed by atoms with Crippen LogP contribution in [-0.2, 0) is 6.67 Å². The van der Waals surface area contributed by atoms with Crippen LogP contribution in [0.3, 0.4) is 0 Å². The van der Waals surface area contributed by atoms with Crippen molar-refractivity contribution in [2.24, 2.45) is 0 Å². The first-order valence-electron chi connectivity index (χ1n) is 6.44. The lowest BCUT2D eigenvalue weighted by atomic mass is 10.2. The molecule has 2 aromatic heterocycles. The lowest BCUT2D eigenvalue weighted by Gasteiger charge is -2.34. The van der Waals surface area contributed by atoms with E-state index in [0.29, 0.717) is 5.56 Å². The van der Waals surface area contributed by atoms with Crippen molar-refractivity contribution in [2.75, 3.05) is 26.2 Å². The first kappa shape index (κ1) is 13.4. The van der Waals surface area contributed by atoms with Gasteiger partial charge >= 0.3 is 0 Å². The molecule has 6 nitrogen and oxygen atoms in total. The van der Waals surface area contributed by atoms with Crippen LogP contribution in [0.1, 0.15) is 10.4 Å². The summed E-state index contributed by atoms with van der Waals surface area (Å²) in [5, 5.41) is 4.24. The summed E-state index contributed by atoms with van der Waals surface area (Å²) in [4.78, 5) is 16.3. The molecule has 1 aliphatic heterocycles. The number of aromatic nitrogens is 2. The Hall–Kier alpha value is -1.60. The van der Waals surface area contributed by atoms with Crippen LogP contribution in [0, 0.1) is 0 Å². The Morgan fingerprint density at radius 3 is 2.75 bits per heavy atom. The van der Waals surface area contributed by atoms with Gasteiger partial charge in [0, 0.05) is 32.4 Å². The van der Waals surface area contributed by atoms with Crippen LogP contribution in [0.4, 0.5) is 0 Å². The van der Waals surface area contributed by atoms with Gasteiger partial charge in [-0.1, -0.05) is 0 Å². The van der Waals surface area contributed by atoms with E-state index in [1.807, 2.05) is 15.8 Å². The van der Waals surface area contributed by atoms with Crippen molar-refractivity contribution >= 4 is 21.8 Å². The summed E-state index contributed by atoms with van der Waals surface area (Å²) < 4.78 is 7.82. The molecular weight excluding hydrogens is 324 g/mol. The standard InChI is InChI=1S/C13H15BrN4O2/c14-12-7-15-18(8-12)10-16-2-4-17(5-3-16)13(19)11-1-6-20-9-11/h1,6-9H,2-5,10H2. The Balaban J connectivity index is 1.53. The van der Waals surface area contributed by atoms with Crippen LogP contribution >= 0.6 is 15.9 Å². The molecule has 106 valence electrons. The van der Waals surface area contributed by atoms with Gasteiger partial charge < -0.3 is 9.32 Å². The molecule has 0 spiro atoms. The van der Waals surface area contributed by atoms with Gasteiger partial charge in [-0.25, -0.2) is 0 Å². The van der Waals surface area contributed by atoms with Gasteiger partial charge in [-0.2, -0.15) is 5.10 Å². The molecule has 0 radical (unpaired) electrons. The van der Waals surface area contributed by atoms with Gasteiger partial charge in [0.2, 0.25) is 0 Å². The van der Waals surface area contributed by atoms with E-state index in [0.717, 1.165) is 37.3 Å². The third-order valence-corrected chi connectivity index (χ3v) is 3.78. The second-order valence-electron chi connectivity index (χ2n) is 4.76. The minimum atomic E-state index is 0.0419. The van der Waals surface area contributed by atoms with E-state index in [1.165, 1.54) is 12.5 Å². The molecule has 0 bridgehead atoms. The average molecular weight is 339 g/mol. The number of halogens is 1. The zero-order chi connectivity index (χ0) is 13.9. The molecule has 20 heavy (non-hydrogen) atoms. The van der Waals surface area contributed by atoms with Gasteiger partial charge in [-0.05, 0) is 22.0 Å². The predicted molar refractivity (Wildman–Crippen MR) is 76.1 cm³/mol. The number of hydrogen-bond acceptors (Lipinski definition) is 4. The molecule has 0 unspecified atom stereocenters. The zero-order valence-electron chi connectivity index (χ0n) is 10.9. The molecule has 1 fully saturated rings. The van der Waals surface area contributed by atoms with Crippen LogP contribution < -0.4 is 0 Å². The van der Waals surface area contributed by atoms with E-state index in [2.05, 4.69) is 25.9 Å². The van der Waals surface area contributed by atoms with E-state index in [1.54, 1.807) is 12.3 Å². The third-order valence-electron chi connectivity index (χ3n) is 3.37. The van der Waals surface area contributed by atoms with Gasteiger partial charge in [0.05, 0.1) is 29.2 Å². The Labute approximate surface area is 125 Å². The molecule has 0 atom stereocenters. The molecule has 3 heterocycles. The van der Waals surface area contributed by atoms with Crippen LogP contribution in [0.5, 0.6) is 0 Å². The van der Waals surface area contributed by atoms with E-state index in [-0.39, 0.29) is 5.91 Å². The lowest BCUT2D eigenvalue weighted by molar-refractivity contribution is 0.0586. The molecule has 1 aliphatic rings. The van der Waals surface area contributed by atoms with Gasteiger partial charge in [-0.3, -0.25) is 14.4 Å². The first-order chi connectivity index (χ1) is 9.72. The second kappa shape index (κ2) is 5.80. The van der Waals surface area contributed by atoms with Crippen LogP contribution in [0.15, 0.2) is 39.9 Å². The summed E-state index contributed by atoms with van der Waals surface area (Å²) in [6.07, 6.45) is 6.75. The van der Waals surface area contributed by atoms with E-state index < -0.39 is 0 Å². The minimum Gasteiger partial charge on any atom is -0.472 e. The van der Waals surface area contributed by atoms with E-state index in [4.69, 9.17) is 4.42 Å². The largest absolute Gasteiger partial charge is 0.472 e. The average Bonchev–Trinajstić information content (AvgIpc) is 3.11. The maximum absolute atomic E-state index is 12.2. The molecule has 2 aromatic rings. The number of carbonyl (C=O) groups is 1. The van der Waals surface area contributed by atoms with Crippen molar-refractivity contribution in [3.8, 4) is 0 Å². The predicted octanol–water partition coefficient (Wildman–Crippen LogP) is 1.65. The topological polar surface area (TPSA) is 54.5 Å². The summed E-state index contributed by atoms with van der Waals surface area (Å²) in [6, 6.07) is 1.70. The number of rotatable bonds is 3.